The third-order valence-corrected chi connectivity index (χ3v) is 4.17. The molecule has 2 heterocycles. The van der Waals surface area contributed by atoms with Gasteiger partial charge >= 0.3 is 0 Å². The first-order valence-electron chi connectivity index (χ1n) is 6.05. The monoisotopic (exact) mass is 310 g/mol. The predicted octanol–water partition coefficient (Wildman–Crippen LogP) is 2.31. The molecule has 1 fully saturated rings. The highest BCUT2D eigenvalue weighted by Gasteiger charge is 2.36. The average Bonchev–Trinajstić information content (AvgIpc) is 2.93. The summed E-state index contributed by atoms with van der Waals surface area (Å²) in [6.45, 7) is 3.41. The maximum absolute atomic E-state index is 12.1. The summed E-state index contributed by atoms with van der Waals surface area (Å²) in [7, 11) is 0. The van der Waals surface area contributed by atoms with E-state index in [9.17, 15) is 14.4 Å². The molecular weight excluding hydrogens is 296 g/mol. The van der Waals surface area contributed by atoms with E-state index in [2.05, 4.69) is 5.32 Å². The molecule has 0 bridgehead atoms. The zero-order chi connectivity index (χ0) is 14.7. The molecule has 0 unspecified atom stereocenters. The van der Waals surface area contributed by atoms with Crippen LogP contribution in [0.5, 0.6) is 0 Å². The number of rotatable bonds is 4. The lowest BCUT2D eigenvalue weighted by molar-refractivity contribution is -0.129. The molecule has 0 atom stereocenters. The number of amides is 3. The van der Waals surface area contributed by atoms with Crippen molar-refractivity contribution in [2.75, 3.05) is 6.54 Å². The molecule has 1 saturated heterocycles. The zero-order valence-corrected chi connectivity index (χ0v) is 12.7. The minimum Gasteiger partial charge on any atom is -0.352 e. The number of nitrogens with zero attached hydrogens (tertiary/aromatic N) is 1. The third kappa shape index (κ3) is 3.49. The summed E-state index contributed by atoms with van der Waals surface area (Å²) in [5.41, 5.74) is 0. The highest BCUT2D eigenvalue weighted by atomic mass is 32.2. The Morgan fingerprint density at radius 1 is 1.45 bits per heavy atom. The zero-order valence-electron chi connectivity index (χ0n) is 11.1. The molecule has 1 aliphatic heterocycles. The smallest absolute Gasteiger partial charge is 0.294 e. The lowest BCUT2D eigenvalue weighted by Gasteiger charge is -2.13. The summed E-state index contributed by atoms with van der Waals surface area (Å²) in [4.78, 5) is 37.8. The van der Waals surface area contributed by atoms with Gasteiger partial charge in [0, 0.05) is 10.9 Å². The maximum atomic E-state index is 12.1. The Bertz CT molecular complexity index is 564. The van der Waals surface area contributed by atoms with Crippen LogP contribution in [0.3, 0.4) is 0 Å². The van der Waals surface area contributed by atoms with Gasteiger partial charge in [-0.3, -0.25) is 19.3 Å². The van der Waals surface area contributed by atoms with E-state index in [4.69, 9.17) is 0 Å². The van der Waals surface area contributed by atoms with Crippen molar-refractivity contribution < 1.29 is 14.4 Å². The molecular formula is C13H14N2O3S2. The van der Waals surface area contributed by atoms with E-state index in [1.807, 2.05) is 31.4 Å². The van der Waals surface area contributed by atoms with E-state index in [0.29, 0.717) is 4.91 Å². The molecule has 0 saturated carbocycles. The summed E-state index contributed by atoms with van der Waals surface area (Å²) in [6.07, 6.45) is 1.68. The molecule has 0 aromatic carbocycles. The van der Waals surface area contributed by atoms with Crippen LogP contribution in [0.15, 0.2) is 22.4 Å². The first-order valence-corrected chi connectivity index (χ1v) is 7.75. The molecule has 20 heavy (non-hydrogen) atoms. The molecule has 2 rings (SSSR count). The number of thiophene rings is 1. The number of hydrogen-bond acceptors (Lipinski definition) is 5. The largest absolute Gasteiger partial charge is 0.352 e. The Hall–Kier alpha value is -1.60. The topological polar surface area (TPSA) is 66.5 Å². The van der Waals surface area contributed by atoms with E-state index >= 15 is 0 Å². The fourth-order valence-corrected chi connectivity index (χ4v) is 3.21. The quantitative estimate of drug-likeness (QED) is 0.867. The van der Waals surface area contributed by atoms with Gasteiger partial charge in [0.2, 0.25) is 5.91 Å². The maximum Gasteiger partial charge on any atom is 0.294 e. The summed E-state index contributed by atoms with van der Waals surface area (Å²) in [5, 5.41) is 4.15. The van der Waals surface area contributed by atoms with Gasteiger partial charge in [-0.1, -0.05) is 6.07 Å². The van der Waals surface area contributed by atoms with Gasteiger partial charge in [-0.2, -0.15) is 0 Å². The molecule has 0 radical (unpaired) electrons. The first-order chi connectivity index (χ1) is 9.47. The molecule has 0 spiro atoms. The molecule has 5 nitrogen and oxygen atoms in total. The highest BCUT2D eigenvalue weighted by Crippen LogP contribution is 2.32. The lowest BCUT2D eigenvalue weighted by atomic mass is 10.3. The minimum absolute atomic E-state index is 0.0240. The lowest BCUT2D eigenvalue weighted by Crippen LogP contribution is -2.41. The van der Waals surface area contributed by atoms with Crippen LogP contribution in [-0.4, -0.2) is 34.5 Å². The van der Waals surface area contributed by atoms with Crippen LogP contribution in [0.1, 0.15) is 18.7 Å². The van der Waals surface area contributed by atoms with Gasteiger partial charge in [0.05, 0.1) is 4.91 Å². The third-order valence-electron chi connectivity index (χ3n) is 2.44. The van der Waals surface area contributed by atoms with Gasteiger partial charge in [0.15, 0.2) is 0 Å². The van der Waals surface area contributed by atoms with Crippen molar-refractivity contribution in [3.63, 3.8) is 0 Å². The first kappa shape index (κ1) is 14.8. The molecule has 106 valence electrons. The number of hydrogen-bond donors (Lipinski definition) is 1. The fraction of sp³-hybridized carbons (Fsp3) is 0.308. The Balaban J connectivity index is 2.07. The molecule has 0 aliphatic carbocycles. The van der Waals surface area contributed by atoms with Crippen LogP contribution in [0.2, 0.25) is 0 Å². The van der Waals surface area contributed by atoms with Crippen LogP contribution >= 0.6 is 23.1 Å². The summed E-state index contributed by atoms with van der Waals surface area (Å²) >= 11 is 2.35. The van der Waals surface area contributed by atoms with Crippen molar-refractivity contribution in [1.82, 2.24) is 10.2 Å². The number of carbonyl (C=O) groups is 3. The van der Waals surface area contributed by atoms with E-state index in [1.54, 1.807) is 6.08 Å². The van der Waals surface area contributed by atoms with Crippen molar-refractivity contribution in [3.8, 4) is 0 Å². The van der Waals surface area contributed by atoms with Crippen LogP contribution < -0.4 is 5.32 Å². The fourth-order valence-electron chi connectivity index (χ4n) is 1.65. The van der Waals surface area contributed by atoms with Gasteiger partial charge in [-0.25, -0.2) is 0 Å². The second-order valence-corrected chi connectivity index (χ2v) is 6.48. The highest BCUT2D eigenvalue weighted by molar-refractivity contribution is 8.18. The van der Waals surface area contributed by atoms with Crippen molar-refractivity contribution >= 4 is 46.2 Å². The van der Waals surface area contributed by atoms with Gasteiger partial charge in [0.25, 0.3) is 11.1 Å². The Morgan fingerprint density at radius 3 is 2.80 bits per heavy atom. The van der Waals surface area contributed by atoms with E-state index in [0.717, 1.165) is 21.5 Å². The summed E-state index contributed by atoms with van der Waals surface area (Å²) in [5.74, 6) is -0.744. The summed E-state index contributed by atoms with van der Waals surface area (Å²) < 4.78 is 0. The number of nitrogens with one attached hydrogen (secondary N) is 1. The predicted molar refractivity (Wildman–Crippen MR) is 80.3 cm³/mol. The van der Waals surface area contributed by atoms with Crippen LogP contribution in [-0.2, 0) is 9.59 Å². The molecule has 1 aromatic heterocycles. The second-order valence-electron chi connectivity index (χ2n) is 4.51. The van der Waals surface area contributed by atoms with E-state index < -0.39 is 11.1 Å². The molecule has 1 aromatic rings. The molecule has 1 aliphatic rings. The van der Waals surface area contributed by atoms with E-state index in [1.165, 1.54) is 11.3 Å². The van der Waals surface area contributed by atoms with Crippen LogP contribution in [0, 0.1) is 0 Å². The summed E-state index contributed by atoms with van der Waals surface area (Å²) in [6, 6.07) is 3.71. The van der Waals surface area contributed by atoms with Gasteiger partial charge in [-0.15, -0.1) is 11.3 Å². The van der Waals surface area contributed by atoms with Crippen LogP contribution in [0.25, 0.3) is 6.08 Å². The number of carbonyl (C=O) groups excluding carboxylic acids is 3. The van der Waals surface area contributed by atoms with Crippen molar-refractivity contribution in [2.24, 2.45) is 0 Å². The second kappa shape index (κ2) is 6.23. The Morgan fingerprint density at radius 2 is 2.20 bits per heavy atom. The number of imide groups is 1. The van der Waals surface area contributed by atoms with Gasteiger partial charge in [-0.05, 0) is 43.1 Å². The van der Waals surface area contributed by atoms with Crippen molar-refractivity contribution in [2.45, 2.75) is 19.9 Å². The minimum atomic E-state index is -0.410. The molecule has 1 N–H and O–H groups in total. The molecule has 3 amide bonds. The SMILES string of the molecule is CC(C)NC(=O)CN1C(=O)S/C(=C\c2cccs2)C1=O. The van der Waals surface area contributed by atoms with Gasteiger partial charge < -0.3 is 5.32 Å². The Kier molecular flexibility index (Phi) is 4.61. The van der Waals surface area contributed by atoms with Gasteiger partial charge in [0.1, 0.15) is 6.54 Å². The molecule has 7 heteroatoms. The number of thioether (sulfide) groups is 1. The Labute approximate surface area is 125 Å². The van der Waals surface area contributed by atoms with Crippen molar-refractivity contribution in [1.29, 1.82) is 0 Å². The normalized spacial score (nSPS) is 17.4. The average molecular weight is 310 g/mol. The standard InChI is InChI=1S/C13H14N2O3S2/c1-8(2)14-11(16)7-15-12(17)10(20-13(15)18)6-9-4-3-5-19-9/h3-6,8H,7H2,1-2H3,(H,14,16)/b10-6-. The van der Waals surface area contributed by atoms with Crippen LogP contribution in [0.4, 0.5) is 4.79 Å². The van der Waals surface area contributed by atoms with E-state index in [-0.39, 0.29) is 18.5 Å². The van der Waals surface area contributed by atoms with Crippen molar-refractivity contribution in [3.05, 3.63) is 27.3 Å².